The SMILES string of the molecule is O[C@@H]1[C@H](CN2CCOCC2)CO[C@H](c2ccc(CC3CCC3)cc2)[C@@H]1O. The summed E-state index contributed by atoms with van der Waals surface area (Å²) in [6, 6.07) is 8.40. The van der Waals surface area contributed by atoms with Crippen LogP contribution in [0.2, 0.25) is 0 Å². The molecule has 1 saturated carbocycles. The van der Waals surface area contributed by atoms with Crippen LogP contribution < -0.4 is 0 Å². The standard InChI is InChI=1S/C21H31NO4/c23-19-18(13-22-8-10-25-11-9-22)14-26-21(20(19)24)17-6-4-16(5-7-17)12-15-2-1-3-15/h4-7,15,18-21,23-24H,1-3,8-14H2/t18-,19-,20-,21-/m1/s1. The van der Waals surface area contributed by atoms with Crippen molar-refractivity contribution in [2.45, 2.75) is 44.0 Å². The second kappa shape index (κ2) is 8.36. The lowest BCUT2D eigenvalue weighted by molar-refractivity contribution is -0.171. The van der Waals surface area contributed by atoms with Crippen molar-refractivity contribution in [2.75, 3.05) is 39.5 Å². The van der Waals surface area contributed by atoms with Crippen molar-refractivity contribution in [3.8, 4) is 0 Å². The van der Waals surface area contributed by atoms with Gasteiger partial charge < -0.3 is 19.7 Å². The molecule has 144 valence electrons. The zero-order chi connectivity index (χ0) is 17.9. The first kappa shape index (κ1) is 18.4. The molecule has 0 radical (unpaired) electrons. The Labute approximate surface area is 155 Å². The molecule has 2 aliphatic heterocycles. The molecule has 5 nitrogen and oxygen atoms in total. The van der Waals surface area contributed by atoms with E-state index in [9.17, 15) is 10.2 Å². The molecule has 1 aromatic carbocycles. The second-order valence-electron chi connectivity index (χ2n) is 8.15. The Bertz CT molecular complexity index is 568. The average molecular weight is 361 g/mol. The molecule has 4 rings (SSSR count). The fourth-order valence-electron chi connectivity index (χ4n) is 4.33. The highest BCUT2D eigenvalue weighted by molar-refractivity contribution is 5.26. The summed E-state index contributed by atoms with van der Waals surface area (Å²) in [5.41, 5.74) is 2.31. The number of aliphatic hydroxyl groups excluding tert-OH is 2. The van der Waals surface area contributed by atoms with Gasteiger partial charge in [0.05, 0.1) is 25.9 Å². The third-order valence-electron chi connectivity index (χ3n) is 6.29. The second-order valence-corrected chi connectivity index (χ2v) is 8.15. The van der Waals surface area contributed by atoms with Gasteiger partial charge in [-0.25, -0.2) is 0 Å². The molecule has 0 aromatic heterocycles. The lowest BCUT2D eigenvalue weighted by Gasteiger charge is -2.40. The van der Waals surface area contributed by atoms with E-state index in [1.54, 1.807) is 0 Å². The molecule has 2 heterocycles. The normalized spacial score (nSPS) is 33.8. The summed E-state index contributed by atoms with van der Waals surface area (Å²) in [6.07, 6.45) is 3.14. The number of rotatable bonds is 5. The van der Waals surface area contributed by atoms with Crippen LogP contribution in [0.15, 0.2) is 24.3 Å². The fourth-order valence-corrected chi connectivity index (χ4v) is 4.33. The summed E-state index contributed by atoms with van der Waals surface area (Å²) < 4.78 is 11.4. The lowest BCUT2D eigenvalue weighted by Crippen LogP contribution is -2.51. The van der Waals surface area contributed by atoms with E-state index in [1.165, 1.54) is 24.8 Å². The topological polar surface area (TPSA) is 62.2 Å². The minimum atomic E-state index is -0.882. The number of morpholine rings is 1. The highest BCUT2D eigenvalue weighted by Crippen LogP contribution is 2.33. The highest BCUT2D eigenvalue weighted by Gasteiger charge is 2.39. The minimum absolute atomic E-state index is 0.0581. The van der Waals surface area contributed by atoms with Gasteiger partial charge in [0.25, 0.3) is 0 Å². The van der Waals surface area contributed by atoms with Crippen LogP contribution >= 0.6 is 0 Å². The molecule has 2 N–H and O–H groups in total. The van der Waals surface area contributed by atoms with Crippen LogP contribution in [0.3, 0.4) is 0 Å². The Kier molecular flexibility index (Phi) is 5.91. The smallest absolute Gasteiger partial charge is 0.111 e. The van der Waals surface area contributed by atoms with Crippen molar-refractivity contribution in [2.24, 2.45) is 11.8 Å². The van der Waals surface area contributed by atoms with Gasteiger partial charge in [-0.15, -0.1) is 0 Å². The zero-order valence-electron chi connectivity index (χ0n) is 15.4. The van der Waals surface area contributed by atoms with E-state index in [2.05, 4.69) is 29.2 Å². The third kappa shape index (κ3) is 4.12. The average Bonchev–Trinajstić information content (AvgIpc) is 2.64. The Morgan fingerprint density at radius 2 is 1.73 bits per heavy atom. The number of ether oxygens (including phenoxy) is 2. The molecular weight excluding hydrogens is 330 g/mol. The fraction of sp³-hybridized carbons (Fsp3) is 0.714. The predicted octanol–water partition coefficient (Wildman–Crippen LogP) is 1.77. The molecule has 3 aliphatic rings. The van der Waals surface area contributed by atoms with Gasteiger partial charge in [0.15, 0.2) is 0 Å². The summed E-state index contributed by atoms with van der Waals surface area (Å²) >= 11 is 0. The van der Waals surface area contributed by atoms with Crippen molar-refractivity contribution in [1.29, 1.82) is 0 Å². The number of benzene rings is 1. The molecule has 0 spiro atoms. The van der Waals surface area contributed by atoms with Gasteiger partial charge in [0, 0.05) is 25.6 Å². The molecule has 1 aliphatic carbocycles. The monoisotopic (exact) mass is 361 g/mol. The van der Waals surface area contributed by atoms with Gasteiger partial charge in [0.2, 0.25) is 0 Å². The van der Waals surface area contributed by atoms with Gasteiger partial charge >= 0.3 is 0 Å². The molecule has 3 fully saturated rings. The number of hydrogen-bond acceptors (Lipinski definition) is 5. The van der Waals surface area contributed by atoms with E-state index in [1.807, 2.05) is 0 Å². The molecule has 0 unspecified atom stereocenters. The van der Waals surface area contributed by atoms with Crippen LogP contribution in [0.5, 0.6) is 0 Å². The van der Waals surface area contributed by atoms with E-state index in [4.69, 9.17) is 9.47 Å². The molecule has 0 bridgehead atoms. The quantitative estimate of drug-likeness (QED) is 0.837. The van der Waals surface area contributed by atoms with Crippen LogP contribution in [0.4, 0.5) is 0 Å². The molecular formula is C21H31NO4. The number of aliphatic hydroxyl groups is 2. The van der Waals surface area contributed by atoms with Crippen LogP contribution in [0.1, 0.15) is 36.5 Å². The Morgan fingerprint density at radius 1 is 1.00 bits per heavy atom. The Morgan fingerprint density at radius 3 is 2.38 bits per heavy atom. The Hall–Kier alpha value is -0.980. The molecule has 0 amide bonds. The van der Waals surface area contributed by atoms with Crippen molar-refractivity contribution in [3.63, 3.8) is 0 Å². The first-order chi connectivity index (χ1) is 12.7. The molecule has 2 saturated heterocycles. The van der Waals surface area contributed by atoms with E-state index >= 15 is 0 Å². The van der Waals surface area contributed by atoms with Crippen LogP contribution in [-0.4, -0.2) is 66.8 Å². The van der Waals surface area contributed by atoms with Gasteiger partial charge in [-0.05, 0) is 23.5 Å². The first-order valence-corrected chi connectivity index (χ1v) is 10.1. The van der Waals surface area contributed by atoms with Gasteiger partial charge in [-0.1, -0.05) is 43.5 Å². The molecule has 1 aromatic rings. The van der Waals surface area contributed by atoms with Gasteiger partial charge in [0.1, 0.15) is 12.2 Å². The summed E-state index contributed by atoms with van der Waals surface area (Å²) in [7, 11) is 0. The first-order valence-electron chi connectivity index (χ1n) is 10.1. The maximum absolute atomic E-state index is 10.6. The van der Waals surface area contributed by atoms with Crippen molar-refractivity contribution in [3.05, 3.63) is 35.4 Å². The minimum Gasteiger partial charge on any atom is -0.390 e. The summed E-state index contributed by atoms with van der Waals surface area (Å²) in [4.78, 5) is 2.28. The molecule has 5 heteroatoms. The van der Waals surface area contributed by atoms with Crippen molar-refractivity contribution >= 4 is 0 Å². The summed E-state index contributed by atoms with van der Waals surface area (Å²) in [5.74, 6) is 0.789. The summed E-state index contributed by atoms with van der Waals surface area (Å²) in [5, 5.41) is 21.3. The zero-order valence-corrected chi connectivity index (χ0v) is 15.4. The largest absolute Gasteiger partial charge is 0.390 e. The van der Waals surface area contributed by atoms with E-state index in [-0.39, 0.29) is 5.92 Å². The Balaban J connectivity index is 1.34. The van der Waals surface area contributed by atoms with E-state index < -0.39 is 18.3 Å². The van der Waals surface area contributed by atoms with Crippen molar-refractivity contribution in [1.82, 2.24) is 4.90 Å². The third-order valence-corrected chi connectivity index (χ3v) is 6.29. The number of hydrogen-bond donors (Lipinski definition) is 2. The molecule has 4 atom stereocenters. The predicted molar refractivity (Wildman–Crippen MR) is 98.9 cm³/mol. The van der Waals surface area contributed by atoms with Crippen LogP contribution in [0.25, 0.3) is 0 Å². The lowest BCUT2D eigenvalue weighted by atomic mass is 9.80. The maximum atomic E-state index is 10.6. The van der Waals surface area contributed by atoms with Crippen LogP contribution in [-0.2, 0) is 15.9 Å². The van der Waals surface area contributed by atoms with Crippen LogP contribution in [0, 0.1) is 11.8 Å². The van der Waals surface area contributed by atoms with E-state index in [0.717, 1.165) is 50.8 Å². The highest BCUT2D eigenvalue weighted by atomic mass is 16.5. The molecule has 26 heavy (non-hydrogen) atoms. The maximum Gasteiger partial charge on any atom is 0.111 e. The summed E-state index contributed by atoms with van der Waals surface area (Å²) in [6.45, 7) is 4.46. The van der Waals surface area contributed by atoms with E-state index in [0.29, 0.717) is 6.61 Å². The van der Waals surface area contributed by atoms with Crippen molar-refractivity contribution < 1.29 is 19.7 Å². The van der Waals surface area contributed by atoms with Gasteiger partial charge in [-0.2, -0.15) is 0 Å². The number of nitrogens with zero attached hydrogens (tertiary/aromatic N) is 1. The van der Waals surface area contributed by atoms with Gasteiger partial charge in [-0.3, -0.25) is 4.90 Å².